The highest BCUT2D eigenvalue weighted by molar-refractivity contribution is 4.95. The highest BCUT2D eigenvalue weighted by atomic mass is 14.9. The van der Waals surface area contributed by atoms with Gasteiger partial charge in [-0.25, -0.2) is 0 Å². The van der Waals surface area contributed by atoms with Gasteiger partial charge in [0.05, 0.1) is 0 Å². The Morgan fingerprint density at radius 2 is 1.69 bits per heavy atom. The molecule has 2 saturated carbocycles. The number of rotatable bonds is 3. The lowest BCUT2D eigenvalue weighted by atomic mass is 9.70. The van der Waals surface area contributed by atoms with Crippen molar-refractivity contribution in [3.63, 3.8) is 0 Å². The van der Waals surface area contributed by atoms with Crippen molar-refractivity contribution in [1.29, 1.82) is 0 Å². The van der Waals surface area contributed by atoms with Crippen LogP contribution in [0.15, 0.2) is 0 Å². The molecule has 0 saturated heterocycles. The Labute approximate surface area is 101 Å². The summed E-state index contributed by atoms with van der Waals surface area (Å²) in [6.45, 7) is 4.97. The highest BCUT2D eigenvalue weighted by Gasteiger charge is 2.41. The summed E-state index contributed by atoms with van der Waals surface area (Å²) in [7, 11) is 2.19. The molecule has 16 heavy (non-hydrogen) atoms. The molecule has 2 aliphatic carbocycles. The van der Waals surface area contributed by atoms with Gasteiger partial charge in [0.15, 0.2) is 0 Å². The quantitative estimate of drug-likeness (QED) is 0.763. The summed E-state index contributed by atoms with van der Waals surface area (Å²) in [6.07, 6.45) is 11.7. The minimum atomic E-state index is 0.575. The second-order valence-electron chi connectivity index (χ2n) is 6.70. The van der Waals surface area contributed by atoms with Gasteiger partial charge >= 0.3 is 0 Å². The van der Waals surface area contributed by atoms with E-state index in [1.54, 1.807) is 0 Å². The van der Waals surface area contributed by atoms with Gasteiger partial charge in [0, 0.05) is 6.04 Å². The van der Waals surface area contributed by atoms with Gasteiger partial charge in [0.2, 0.25) is 0 Å². The molecule has 2 fully saturated rings. The van der Waals surface area contributed by atoms with Crippen molar-refractivity contribution in [3.05, 3.63) is 0 Å². The summed E-state index contributed by atoms with van der Waals surface area (Å²) in [6, 6.07) is 0.790. The minimum Gasteiger partial charge on any atom is -0.316 e. The Balaban J connectivity index is 2.03. The fraction of sp³-hybridized carbons (Fsp3) is 1.00. The number of nitrogens with one attached hydrogen (secondary N) is 1. The third-order valence-electron chi connectivity index (χ3n) is 5.26. The first-order valence-electron chi connectivity index (χ1n) is 7.32. The molecule has 0 bridgehead atoms. The first-order chi connectivity index (χ1) is 7.65. The van der Waals surface area contributed by atoms with Crippen LogP contribution in [0.4, 0.5) is 0 Å². The Morgan fingerprint density at radius 1 is 1.00 bits per heavy atom. The fourth-order valence-electron chi connectivity index (χ4n) is 4.28. The van der Waals surface area contributed by atoms with Crippen LogP contribution in [0.2, 0.25) is 0 Å². The van der Waals surface area contributed by atoms with Crippen molar-refractivity contribution in [1.82, 2.24) is 5.32 Å². The van der Waals surface area contributed by atoms with Crippen LogP contribution in [-0.4, -0.2) is 13.1 Å². The molecule has 2 unspecified atom stereocenters. The van der Waals surface area contributed by atoms with Crippen molar-refractivity contribution in [2.24, 2.45) is 17.3 Å². The van der Waals surface area contributed by atoms with Crippen LogP contribution in [0.25, 0.3) is 0 Å². The van der Waals surface area contributed by atoms with Gasteiger partial charge in [0.25, 0.3) is 0 Å². The molecular weight excluding hydrogens is 194 g/mol. The van der Waals surface area contributed by atoms with E-state index in [9.17, 15) is 0 Å². The summed E-state index contributed by atoms with van der Waals surface area (Å²) < 4.78 is 0. The maximum atomic E-state index is 3.67. The monoisotopic (exact) mass is 223 g/mol. The van der Waals surface area contributed by atoms with Crippen LogP contribution in [0.3, 0.4) is 0 Å². The van der Waals surface area contributed by atoms with Gasteiger partial charge in [0.1, 0.15) is 0 Å². The molecule has 2 atom stereocenters. The van der Waals surface area contributed by atoms with Gasteiger partial charge in [-0.2, -0.15) is 0 Å². The van der Waals surface area contributed by atoms with E-state index in [1.807, 2.05) is 0 Å². The van der Waals surface area contributed by atoms with Gasteiger partial charge in [-0.15, -0.1) is 0 Å². The molecule has 0 heterocycles. The molecule has 0 aliphatic heterocycles. The molecule has 0 aromatic rings. The van der Waals surface area contributed by atoms with Gasteiger partial charge in [-0.3, -0.25) is 0 Å². The fourth-order valence-corrected chi connectivity index (χ4v) is 4.28. The highest BCUT2D eigenvalue weighted by Crippen LogP contribution is 2.47. The molecule has 1 nitrogen and oxygen atoms in total. The zero-order valence-electron chi connectivity index (χ0n) is 11.4. The summed E-state index contributed by atoms with van der Waals surface area (Å²) in [4.78, 5) is 0. The Hall–Kier alpha value is -0.0400. The first-order valence-corrected chi connectivity index (χ1v) is 7.32. The second-order valence-corrected chi connectivity index (χ2v) is 6.70. The largest absolute Gasteiger partial charge is 0.316 e. The van der Waals surface area contributed by atoms with Gasteiger partial charge < -0.3 is 5.32 Å². The molecule has 2 aliphatic rings. The topological polar surface area (TPSA) is 12.0 Å². The lowest BCUT2D eigenvalue weighted by Gasteiger charge is -2.40. The average Bonchev–Trinajstić information content (AvgIpc) is 2.62. The molecule has 0 radical (unpaired) electrons. The zero-order chi connectivity index (χ0) is 11.6. The smallest absolute Gasteiger partial charge is 0.0126 e. The van der Waals surface area contributed by atoms with E-state index in [0.717, 1.165) is 17.9 Å². The Bertz CT molecular complexity index is 215. The molecule has 94 valence electrons. The summed E-state index contributed by atoms with van der Waals surface area (Å²) in [5.41, 5.74) is 0.575. The van der Waals surface area contributed by atoms with E-state index in [0.29, 0.717) is 5.41 Å². The SMILES string of the molecule is CNC(C1CCCCC1)C1CCCC1(C)C. The van der Waals surface area contributed by atoms with E-state index >= 15 is 0 Å². The third kappa shape index (κ3) is 2.45. The normalized spacial score (nSPS) is 32.8. The summed E-state index contributed by atoms with van der Waals surface area (Å²) >= 11 is 0. The molecule has 2 rings (SSSR count). The Morgan fingerprint density at radius 3 is 2.19 bits per heavy atom. The van der Waals surface area contributed by atoms with Crippen LogP contribution in [-0.2, 0) is 0 Å². The predicted molar refractivity (Wildman–Crippen MR) is 70.5 cm³/mol. The van der Waals surface area contributed by atoms with Gasteiger partial charge in [-0.1, -0.05) is 39.5 Å². The molecule has 0 aromatic carbocycles. The average molecular weight is 223 g/mol. The van der Waals surface area contributed by atoms with Crippen molar-refractivity contribution >= 4 is 0 Å². The molecule has 0 spiro atoms. The number of hydrogen-bond acceptors (Lipinski definition) is 1. The van der Waals surface area contributed by atoms with E-state index in [1.165, 1.54) is 51.4 Å². The van der Waals surface area contributed by atoms with Crippen LogP contribution in [0, 0.1) is 17.3 Å². The zero-order valence-corrected chi connectivity index (χ0v) is 11.4. The van der Waals surface area contributed by atoms with E-state index < -0.39 is 0 Å². The number of hydrogen-bond donors (Lipinski definition) is 1. The minimum absolute atomic E-state index is 0.575. The van der Waals surface area contributed by atoms with Crippen molar-refractivity contribution < 1.29 is 0 Å². The summed E-state index contributed by atoms with van der Waals surface area (Å²) in [5.74, 6) is 1.88. The molecule has 1 N–H and O–H groups in total. The summed E-state index contributed by atoms with van der Waals surface area (Å²) in [5, 5.41) is 3.67. The molecular formula is C15H29N. The van der Waals surface area contributed by atoms with Crippen molar-refractivity contribution in [3.8, 4) is 0 Å². The standard InChI is InChI=1S/C15H29N/c1-15(2)11-7-10-13(15)14(16-3)12-8-5-4-6-9-12/h12-14,16H,4-11H2,1-3H3. The van der Waals surface area contributed by atoms with Crippen LogP contribution >= 0.6 is 0 Å². The lowest BCUT2D eigenvalue weighted by molar-refractivity contribution is 0.137. The predicted octanol–water partition coefficient (Wildman–Crippen LogP) is 3.98. The third-order valence-corrected chi connectivity index (χ3v) is 5.26. The van der Waals surface area contributed by atoms with Gasteiger partial charge in [-0.05, 0) is 50.0 Å². The maximum absolute atomic E-state index is 3.67. The van der Waals surface area contributed by atoms with Crippen molar-refractivity contribution in [2.75, 3.05) is 7.05 Å². The second kappa shape index (κ2) is 5.08. The molecule has 0 aromatic heterocycles. The maximum Gasteiger partial charge on any atom is 0.0126 e. The van der Waals surface area contributed by atoms with E-state index in [4.69, 9.17) is 0 Å². The van der Waals surface area contributed by atoms with E-state index in [-0.39, 0.29) is 0 Å². The Kier molecular flexibility index (Phi) is 3.94. The lowest BCUT2D eigenvalue weighted by Crippen LogP contribution is -2.44. The van der Waals surface area contributed by atoms with Crippen LogP contribution < -0.4 is 5.32 Å². The van der Waals surface area contributed by atoms with Crippen LogP contribution in [0.1, 0.15) is 65.2 Å². The molecule has 0 amide bonds. The van der Waals surface area contributed by atoms with Crippen molar-refractivity contribution in [2.45, 2.75) is 71.3 Å². The molecule has 1 heteroatoms. The van der Waals surface area contributed by atoms with E-state index in [2.05, 4.69) is 26.2 Å². The first kappa shape index (κ1) is 12.4. The van der Waals surface area contributed by atoms with Crippen LogP contribution in [0.5, 0.6) is 0 Å².